The van der Waals surface area contributed by atoms with E-state index in [1.54, 1.807) is 0 Å². The zero-order chi connectivity index (χ0) is 29.0. The molecule has 0 atom stereocenters. The summed E-state index contributed by atoms with van der Waals surface area (Å²) in [6.45, 7) is 8.64. The highest BCUT2D eigenvalue weighted by Crippen LogP contribution is 2.20. The predicted molar refractivity (Wildman–Crippen MR) is 193 cm³/mol. The van der Waals surface area contributed by atoms with E-state index in [-0.39, 0.29) is 24.0 Å². The summed E-state index contributed by atoms with van der Waals surface area (Å²) < 4.78 is 0. The van der Waals surface area contributed by atoms with Gasteiger partial charge in [0.25, 0.3) is 0 Å². The standard InChI is InChI=1S/C32H34N2.C6H7N.HI/c1-23(2)29-13-9-27(10-14-29)21-25-5-7-26(8-6-25)22-28-11-15-31(16-12-28)34-32-19-17-30(18-20-32)33-24(3)4;7-6-4-2-1-3-5-6;/h5-20,23-24H,21-22H2,1-4H3;1-5H,7H2;1H. The van der Waals surface area contributed by atoms with Crippen LogP contribution in [0.15, 0.2) is 137 Å². The number of hydrogen-bond acceptors (Lipinski definition) is 3. The van der Waals surface area contributed by atoms with Crippen molar-refractivity contribution in [2.24, 2.45) is 9.98 Å². The van der Waals surface area contributed by atoms with Crippen LogP contribution in [0.1, 0.15) is 61.4 Å². The highest BCUT2D eigenvalue weighted by atomic mass is 127. The number of benzene rings is 4. The molecule has 5 rings (SSSR count). The van der Waals surface area contributed by atoms with Crippen LogP contribution in [0.25, 0.3) is 0 Å². The topological polar surface area (TPSA) is 50.7 Å². The molecule has 216 valence electrons. The average molecular weight is 668 g/mol. The van der Waals surface area contributed by atoms with Crippen molar-refractivity contribution in [3.63, 3.8) is 0 Å². The van der Waals surface area contributed by atoms with Gasteiger partial charge in [-0.2, -0.15) is 0 Å². The first-order chi connectivity index (χ1) is 19.8. The molecule has 4 heteroatoms. The molecule has 0 bridgehead atoms. The Bertz CT molecular complexity index is 1480. The predicted octanol–water partition coefficient (Wildman–Crippen LogP) is 9.93. The maximum Gasteiger partial charge on any atom is 0.0638 e. The molecule has 0 heterocycles. The van der Waals surface area contributed by atoms with Crippen molar-refractivity contribution in [3.8, 4) is 0 Å². The van der Waals surface area contributed by atoms with E-state index < -0.39 is 0 Å². The fourth-order valence-electron chi connectivity index (χ4n) is 4.47. The van der Waals surface area contributed by atoms with Crippen LogP contribution in [0.3, 0.4) is 0 Å². The highest BCUT2D eigenvalue weighted by Gasteiger charge is 2.03. The number of rotatable bonds is 7. The van der Waals surface area contributed by atoms with E-state index in [0.717, 1.165) is 35.6 Å². The molecule has 0 aliphatic heterocycles. The van der Waals surface area contributed by atoms with Crippen molar-refractivity contribution in [2.45, 2.75) is 52.5 Å². The van der Waals surface area contributed by atoms with Gasteiger partial charge in [0, 0.05) is 11.7 Å². The second-order valence-electron chi connectivity index (χ2n) is 11.0. The van der Waals surface area contributed by atoms with E-state index in [2.05, 4.69) is 105 Å². The van der Waals surface area contributed by atoms with Gasteiger partial charge in [0.05, 0.1) is 17.1 Å². The SMILES string of the molecule is CC(C)N=C1C=CC(=Nc2ccc(Cc3ccc(Cc4ccc(C(C)C)cc4)cc3)cc2)C=C1.I.Nc1ccccc1. The Balaban J connectivity index is 0.000000531. The third kappa shape index (κ3) is 10.9. The van der Waals surface area contributed by atoms with Crippen molar-refractivity contribution < 1.29 is 0 Å². The molecule has 0 radical (unpaired) electrons. The van der Waals surface area contributed by atoms with E-state index in [4.69, 9.17) is 10.7 Å². The Labute approximate surface area is 269 Å². The molecule has 2 N–H and O–H groups in total. The van der Waals surface area contributed by atoms with Gasteiger partial charge in [0.15, 0.2) is 0 Å². The smallest absolute Gasteiger partial charge is 0.0638 e. The molecule has 0 fully saturated rings. The van der Waals surface area contributed by atoms with Crippen molar-refractivity contribution in [3.05, 3.63) is 155 Å². The zero-order valence-corrected chi connectivity index (χ0v) is 27.4. The van der Waals surface area contributed by atoms with E-state index in [0.29, 0.717) is 12.0 Å². The van der Waals surface area contributed by atoms with Gasteiger partial charge in [-0.1, -0.05) is 92.7 Å². The third-order valence-electron chi connectivity index (χ3n) is 6.74. The molecular formula is C38H42IN3. The Morgan fingerprint density at radius 2 is 0.976 bits per heavy atom. The van der Waals surface area contributed by atoms with Crippen molar-refractivity contribution in [1.82, 2.24) is 0 Å². The molecular weight excluding hydrogens is 625 g/mol. The molecule has 0 unspecified atom stereocenters. The summed E-state index contributed by atoms with van der Waals surface area (Å²) >= 11 is 0. The summed E-state index contributed by atoms with van der Waals surface area (Å²) in [6.07, 6.45) is 10.00. The fraction of sp³-hybridized carbons (Fsp3) is 0.211. The van der Waals surface area contributed by atoms with E-state index >= 15 is 0 Å². The van der Waals surface area contributed by atoms with E-state index in [1.165, 1.54) is 27.8 Å². The first kappa shape index (κ1) is 32.7. The first-order valence-electron chi connectivity index (χ1n) is 14.4. The number of nitrogens with zero attached hydrogens (tertiary/aromatic N) is 2. The minimum Gasteiger partial charge on any atom is -0.399 e. The van der Waals surface area contributed by atoms with E-state index in [9.17, 15) is 0 Å². The summed E-state index contributed by atoms with van der Waals surface area (Å²) in [5, 5.41) is 0. The van der Waals surface area contributed by atoms with E-state index in [1.807, 2.05) is 54.6 Å². The van der Waals surface area contributed by atoms with Crippen molar-refractivity contribution in [1.29, 1.82) is 0 Å². The first-order valence-corrected chi connectivity index (χ1v) is 14.4. The molecule has 3 nitrogen and oxygen atoms in total. The van der Waals surface area contributed by atoms with Gasteiger partial charge in [0.2, 0.25) is 0 Å². The van der Waals surface area contributed by atoms with Crippen LogP contribution in [-0.2, 0) is 12.8 Å². The number of nitrogen functional groups attached to an aromatic ring is 1. The molecule has 0 saturated carbocycles. The maximum absolute atomic E-state index is 5.36. The zero-order valence-electron chi connectivity index (χ0n) is 25.1. The van der Waals surface area contributed by atoms with Crippen molar-refractivity contribution in [2.75, 3.05) is 5.73 Å². The second kappa shape index (κ2) is 16.6. The lowest BCUT2D eigenvalue weighted by molar-refractivity contribution is 0.838. The number of aliphatic imine (C=N–C) groups is 2. The van der Waals surface area contributed by atoms with Gasteiger partial charge in [-0.05, 0) is 109 Å². The van der Waals surface area contributed by atoms with Crippen LogP contribution in [0, 0.1) is 0 Å². The van der Waals surface area contributed by atoms with Crippen LogP contribution in [-0.4, -0.2) is 17.5 Å². The van der Waals surface area contributed by atoms with Crippen LogP contribution >= 0.6 is 24.0 Å². The van der Waals surface area contributed by atoms with Gasteiger partial charge >= 0.3 is 0 Å². The Morgan fingerprint density at radius 3 is 1.38 bits per heavy atom. The lowest BCUT2D eigenvalue weighted by atomic mass is 9.97. The molecule has 4 aromatic rings. The Hall–Kier alpha value is -3.77. The quantitative estimate of drug-likeness (QED) is 0.119. The summed E-state index contributed by atoms with van der Waals surface area (Å²) in [5.74, 6) is 0.577. The summed E-state index contributed by atoms with van der Waals surface area (Å²) in [4.78, 5) is 9.29. The molecule has 0 amide bonds. The number of para-hydroxylation sites is 1. The molecule has 0 spiro atoms. The van der Waals surface area contributed by atoms with Crippen LogP contribution in [0.5, 0.6) is 0 Å². The number of hydrogen-bond donors (Lipinski definition) is 1. The molecule has 1 aliphatic rings. The van der Waals surface area contributed by atoms with Gasteiger partial charge in [-0.25, -0.2) is 4.99 Å². The van der Waals surface area contributed by atoms with Crippen LogP contribution in [0.2, 0.25) is 0 Å². The normalized spacial score (nSPS) is 12.0. The molecule has 0 saturated heterocycles. The molecule has 42 heavy (non-hydrogen) atoms. The van der Waals surface area contributed by atoms with Gasteiger partial charge in [0.1, 0.15) is 0 Å². The molecule has 4 aromatic carbocycles. The molecule has 0 aromatic heterocycles. The number of anilines is 1. The van der Waals surface area contributed by atoms with Crippen molar-refractivity contribution >= 4 is 46.8 Å². The third-order valence-corrected chi connectivity index (χ3v) is 6.74. The minimum absolute atomic E-state index is 0. The lowest BCUT2D eigenvalue weighted by Gasteiger charge is -2.08. The average Bonchev–Trinajstić information content (AvgIpc) is 2.97. The van der Waals surface area contributed by atoms with Crippen LogP contribution in [0.4, 0.5) is 11.4 Å². The Kier molecular flexibility index (Phi) is 13.0. The van der Waals surface area contributed by atoms with Gasteiger partial charge < -0.3 is 5.73 Å². The second-order valence-corrected chi connectivity index (χ2v) is 11.0. The molecule has 1 aliphatic carbocycles. The maximum atomic E-state index is 5.36. The summed E-state index contributed by atoms with van der Waals surface area (Å²) in [6, 6.07) is 36.3. The number of nitrogens with two attached hydrogens (primary N) is 1. The van der Waals surface area contributed by atoms with Crippen LogP contribution < -0.4 is 5.73 Å². The lowest BCUT2D eigenvalue weighted by Crippen LogP contribution is -2.02. The monoisotopic (exact) mass is 667 g/mol. The summed E-state index contributed by atoms with van der Waals surface area (Å²) in [5.41, 5.74) is 15.8. The fourth-order valence-corrected chi connectivity index (χ4v) is 4.47. The van der Waals surface area contributed by atoms with Gasteiger partial charge in [-0.3, -0.25) is 4.99 Å². The minimum atomic E-state index is 0. The van der Waals surface area contributed by atoms with Gasteiger partial charge in [-0.15, -0.1) is 24.0 Å². The Morgan fingerprint density at radius 1 is 0.548 bits per heavy atom. The largest absolute Gasteiger partial charge is 0.399 e. The summed E-state index contributed by atoms with van der Waals surface area (Å²) in [7, 11) is 0. The highest BCUT2D eigenvalue weighted by molar-refractivity contribution is 14.0. The number of halogens is 1. The number of allylic oxidation sites excluding steroid dienone is 4.